The van der Waals surface area contributed by atoms with Gasteiger partial charge in [-0.25, -0.2) is 0 Å². The number of hydrogen-bond acceptors (Lipinski definition) is 0. The largest absolute Gasteiger partial charge is 0.0616 e. The monoisotopic (exact) mass is 534 g/mol. The number of fused-ring (bicyclic) bond motifs is 12. The van der Waals surface area contributed by atoms with Crippen LogP contribution in [0.4, 0.5) is 0 Å². The van der Waals surface area contributed by atoms with Gasteiger partial charge >= 0.3 is 0 Å². The Balaban J connectivity index is 1.32. The molecule has 0 atom stereocenters. The van der Waals surface area contributed by atoms with Crippen LogP contribution in [0.1, 0.15) is 49.9 Å². The zero-order valence-electron chi connectivity index (χ0n) is 24.4. The summed E-state index contributed by atoms with van der Waals surface area (Å²) in [5.41, 5.74) is 11.3. The Morgan fingerprint density at radius 2 is 0.929 bits per heavy atom. The van der Waals surface area contributed by atoms with E-state index in [9.17, 15) is 0 Å². The second-order valence-corrected chi connectivity index (χ2v) is 13.7. The highest BCUT2D eigenvalue weighted by molar-refractivity contribution is 6.27. The Labute approximate surface area is 245 Å². The van der Waals surface area contributed by atoms with Gasteiger partial charge in [-0.3, -0.25) is 0 Å². The van der Waals surface area contributed by atoms with Gasteiger partial charge in [0.25, 0.3) is 0 Å². The third kappa shape index (κ3) is 2.49. The maximum absolute atomic E-state index is 2.49. The van der Waals surface area contributed by atoms with Crippen LogP contribution in [-0.4, -0.2) is 0 Å². The van der Waals surface area contributed by atoms with Crippen molar-refractivity contribution < 1.29 is 0 Å². The molecule has 0 fully saturated rings. The molecular formula is C42H30. The molecule has 0 heteroatoms. The van der Waals surface area contributed by atoms with E-state index in [4.69, 9.17) is 0 Å². The molecule has 0 radical (unpaired) electrons. The average molecular weight is 535 g/mol. The van der Waals surface area contributed by atoms with Crippen molar-refractivity contribution in [1.29, 1.82) is 0 Å². The summed E-state index contributed by atoms with van der Waals surface area (Å²) in [6, 6.07) is 41.8. The van der Waals surface area contributed by atoms with E-state index in [0.29, 0.717) is 0 Å². The smallest absolute Gasteiger partial charge is 0.0165 e. The maximum atomic E-state index is 2.49. The lowest BCUT2D eigenvalue weighted by Gasteiger charge is -2.27. The molecule has 0 nitrogen and oxygen atoms in total. The molecule has 0 heterocycles. The molecule has 0 aromatic heterocycles. The molecule has 2 aliphatic carbocycles. The Morgan fingerprint density at radius 3 is 1.67 bits per heavy atom. The van der Waals surface area contributed by atoms with Gasteiger partial charge in [0.2, 0.25) is 0 Å². The first-order valence-corrected chi connectivity index (χ1v) is 15.2. The van der Waals surface area contributed by atoms with Crippen molar-refractivity contribution in [3.63, 3.8) is 0 Å². The number of hydrogen-bond donors (Lipinski definition) is 0. The Hall–Kier alpha value is -4.68. The van der Waals surface area contributed by atoms with E-state index in [0.717, 1.165) is 0 Å². The Morgan fingerprint density at radius 1 is 0.381 bits per heavy atom. The highest BCUT2D eigenvalue weighted by Crippen LogP contribution is 2.58. The van der Waals surface area contributed by atoms with E-state index in [1.54, 1.807) is 0 Å². The average Bonchev–Trinajstić information content (AvgIpc) is 3.39. The molecule has 8 aromatic rings. The fraction of sp³-hybridized carbons (Fsp3) is 0.143. The third-order valence-corrected chi connectivity index (χ3v) is 10.9. The minimum atomic E-state index is -0.106. The van der Waals surface area contributed by atoms with Crippen molar-refractivity contribution in [1.82, 2.24) is 0 Å². The first kappa shape index (κ1) is 22.9. The molecule has 0 amide bonds. The predicted octanol–water partition coefficient (Wildman–Crippen LogP) is 11.5. The van der Waals surface area contributed by atoms with Gasteiger partial charge in [0.15, 0.2) is 0 Å². The van der Waals surface area contributed by atoms with Crippen LogP contribution in [0.2, 0.25) is 0 Å². The summed E-state index contributed by atoms with van der Waals surface area (Å²) in [5, 5.41) is 13.7. The molecule has 0 N–H and O–H groups in total. The van der Waals surface area contributed by atoms with Crippen molar-refractivity contribution in [3.05, 3.63) is 131 Å². The second kappa shape index (κ2) is 7.20. The van der Waals surface area contributed by atoms with Crippen molar-refractivity contribution in [3.8, 4) is 22.3 Å². The predicted molar refractivity (Wildman–Crippen MR) is 180 cm³/mol. The number of rotatable bonds is 0. The molecule has 0 aliphatic heterocycles. The minimum absolute atomic E-state index is 0.0726. The fourth-order valence-electron chi connectivity index (χ4n) is 9.11. The van der Waals surface area contributed by atoms with Gasteiger partial charge in [0.05, 0.1) is 0 Å². The first-order valence-electron chi connectivity index (χ1n) is 15.2. The van der Waals surface area contributed by atoms with Crippen LogP contribution in [0.3, 0.4) is 0 Å². The Bertz CT molecular complexity index is 2490. The van der Waals surface area contributed by atoms with Crippen LogP contribution < -0.4 is 0 Å². The molecule has 0 unspecified atom stereocenters. The minimum Gasteiger partial charge on any atom is -0.0616 e. The lowest BCUT2D eigenvalue weighted by molar-refractivity contribution is 0.662. The summed E-state index contributed by atoms with van der Waals surface area (Å²) in [6.45, 7) is 9.72. The van der Waals surface area contributed by atoms with Crippen molar-refractivity contribution in [2.24, 2.45) is 0 Å². The third-order valence-electron chi connectivity index (χ3n) is 10.9. The van der Waals surface area contributed by atoms with Gasteiger partial charge < -0.3 is 0 Å². The van der Waals surface area contributed by atoms with Gasteiger partial charge in [0.1, 0.15) is 0 Å². The summed E-state index contributed by atoms with van der Waals surface area (Å²) < 4.78 is 0. The summed E-state index contributed by atoms with van der Waals surface area (Å²) in [7, 11) is 0. The summed E-state index contributed by atoms with van der Waals surface area (Å²) in [5.74, 6) is 0. The van der Waals surface area contributed by atoms with Crippen molar-refractivity contribution in [2.45, 2.75) is 38.5 Å². The molecule has 198 valence electrons. The fourth-order valence-corrected chi connectivity index (χ4v) is 9.11. The van der Waals surface area contributed by atoms with E-state index in [2.05, 4.69) is 137 Å². The van der Waals surface area contributed by atoms with Crippen LogP contribution in [0.25, 0.3) is 76.1 Å². The second-order valence-electron chi connectivity index (χ2n) is 13.7. The highest BCUT2D eigenvalue weighted by atomic mass is 14.4. The van der Waals surface area contributed by atoms with Crippen molar-refractivity contribution >= 4 is 53.9 Å². The maximum Gasteiger partial charge on any atom is 0.0165 e. The molecule has 0 spiro atoms. The summed E-state index contributed by atoms with van der Waals surface area (Å²) in [4.78, 5) is 0. The van der Waals surface area contributed by atoms with Crippen LogP contribution in [0.5, 0.6) is 0 Å². The Kier molecular flexibility index (Phi) is 3.93. The van der Waals surface area contributed by atoms with Gasteiger partial charge in [-0.15, -0.1) is 0 Å². The standard InChI is InChI=1S/C42H30/c1-41(2)33-21-15-23-8-5-6-11-27(23)37(33)31-19-17-29-28(39(31)41)18-20-32-38-30-16-14-25-10-7-9-24-12-13-26(36(30)35(24)25)22-34(38)42(3,4)40(29)32/h5-22H,1-4H3. The lowest BCUT2D eigenvalue weighted by atomic mass is 9.76. The number of benzene rings is 8. The quantitative estimate of drug-likeness (QED) is 0.170. The van der Waals surface area contributed by atoms with E-state index < -0.39 is 0 Å². The van der Waals surface area contributed by atoms with Gasteiger partial charge in [-0.2, -0.15) is 0 Å². The molecule has 42 heavy (non-hydrogen) atoms. The molecule has 10 rings (SSSR count). The molecule has 0 saturated heterocycles. The zero-order valence-corrected chi connectivity index (χ0v) is 24.4. The lowest BCUT2D eigenvalue weighted by Crippen LogP contribution is -2.18. The zero-order chi connectivity index (χ0) is 28.1. The van der Waals surface area contributed by atoms with E-state index in [-0.39, 0.29) is 10.8 Å². The van der Waals surface area contributed by atoms with Crippen LogP contribution >= 0.6 is 0 Å². The van der Waals surface area contributed by atoms with Gasteiger partial charge in [-0.05, 0) is 104 Å². The van der Waals surface area contributed by atoms with E-state index in [1.165, 1.54) is 98.4 Å². The van der Waals surface area contributed by atoms with Crippen molar-refractivity contribution in [2.75, 3.05) is 0 Å². The first-order chi connectivity index (χ1) is 20.4. The molecule has 2 aliphatic rings. The normalized spacial score (nSPS) is 16.0. The highest BCUT2D eigenvalue weighted by Gasteiger charge is 2.42. The van der Waals surface area contributed by atoms with E-state index in [1.807, 2.05) is 0 Å². The molecule has 8 aromatic carbocycles. The summed E-state index contributed by atoms with van der Waals surface area (Å²) in [6.07, 6.45) is 0. The SMILES string of the molecule is CC1(C)c2ccc3ccccc3c2-c2ccc3c4c(ccc3c21)-c1c(cc2ccc3cccc5ccc1c2c35)C4(C)C. The van der Waals surface area contributed by atoms with Crippen LogP contribution in [0, 0.1) is 0 Å². The molecule has 0 saturated carbocycles. The van der Waals surface area contributed by atoms with Gasteiger partial charge in [-0.1, -0.05) is 131 Å². The van der Waals surface area contributed by atoms with Gasteiger partial charge in [0, 0.05) is 10.8 Å². The van der Waals surface area contributed by atoms with Crippen LogP contribution in [-0.2, 0) is 10.8 Å². The molecular weight excluding hydrogens is 504 g/mol. The van der Waals surface area contributed by atoms with E-state index >= 15 is 0 Å². The molecule has 0 bridgehead atoms. The summed E-state index contributed by atoms with van der Waals surface area (Å²) >= 11 is 0. The topological polar surface area (TPSA) is 0 Å². The van der Waals surface area contributed by atoms with Crippen LogP contribution in [0.15, 0.2) is 109 Å².